The van der Waals surface area contributed by atoms with E-state index in [1.807, 2.05) is 30.3 Å². The van der Waals surface area contributed by atoms with Gasteiger partial charge in [0.2, 0.25) is 0 Å². The second-order valence-corrected chi connectivity index (χ2v) is 4.85. The Hall–Kier alpha value is -1.85. The van der Waals surface area contributed by atoms with Crippen LogP contribution in [0.1, 0.15) is 30.1 Å². The van der Waals surface area contributed by atoms with Gasteiger partial charge in [0.1, 0.15) is 11.2 Å². The monoisotopic (exact) mass is 267 g/mol. The van der Waals surface area contributed by atoms with Gasteiger partial charge in [-0.15, -0.1) is 0 Å². The summed E-state index contributed by atoms with van der Waals surface area (Å²) in [5, 5.41) is 6.37. The maximum absolute atomic E-state index is 12.9. The molecule has 6 heteroatoms. The van der Waals surface area contributed by atoms with Gasteiger partial charge in [0.25, 0.3) is 0 Å². The Balaban J connectivity index is 1.81. The van der Waals surface area contributed by atoms with Gasteiger partial charge in [-0.25, -0.2) is 4.98 Å². The summed E-state index contributed by atoms with van der Waals surface area (Å²) in [6.07, 6.45) is -3.64. The normalized spacial score (nSPS) is 17.4. The number of H-pyrrole nitrogens is 1. The van der Waals surface area contributed by atoms with Gasteiger partial charge < -0.3 is 0 Å². The summed E-state index contributed by atoms with van der Waals surface area (Å²) in [5.74, 6) is 0.350. The molecule has 0 bridgehead atoms. The minimum absolute atomic E-state index is 0.0825. The molecule has 1 N–H and O–H groups in total. The topological polar surface area (TPSA) is 41.6 Å². The van der Waals surface area contributed by atoms with Gasteiger partial charge in [0.05, 0.1) is 0 Å². The molecule has 0 radical (unpaired) electrons. The van der Waals surface area contributed by atoms with Crippen LogP contribution in [0.4, 0.5) is 13.2 Å². The second kappa shape index (κ2) is 4.08. The predicted octanol–water partition coefficient (Wildman–Crippen LogP) is 2.99. The maximum Gasteiger partial charge on any atom is 0.401 e. The Morgan fingerprint density at radius 2 is 1.84 bits per heavy atom. The van der Waals surface area contributed by atoms with Crippen molar-refractivity contribution in [3.05, 3.63) is 47.5 Å². The number of alkyl halides is 3. The molecule has 1 aliphatic rings. The van der Waals surface area contributed by atoms with Gasteiger partial charge >= 0.3 is 6.18 Å². The van der Waals surface area contributed by atoms with Crippen LogP contribution < -0.4 is 0 Å². The zero-order valence-electron chi connectivity index (χ0n) is 10.0. The fraction of sp³-hybridized carbons (Fsp3) is 0.385. The number of halogens is 3. The van der Waals surface area contributed by atoms with Crippen molar-refractivity contribution in [3.63, 3.8) is 0 Å². The van der Waals surface area contributed by atoms with E-state index in [1.165, 1.54) is 0 Å². The lowest BCUT2D eigenvalue weighted by molar-refractivity contribution is -0.162. The van der Waals surface area contributed by atoms with Crippen LogP contribution in [0.3, 0.4) is 0 Å². The molecule has 2 aromatic rings. The van der Waals surface area contributed by atoms with Gasteiger partial charge in [-0.1, -0.05) is 30.3 Å². The van der Waals surface area contributed by atoms with Crippen molar-refractivity contribution in [3.8, 4) is 0 Å². The number of nitrogens with zero attached hydrogens (tertiary/aromatic N) is 2. The molecule has 0 saturated heterocycles. The van der Waals surface area contributed by atoms with Crippen molar-refractivity contribution in [2.45, 2.75) is 30.9 Å². The average molecular weight is 267 g/mol. The molecule has 1 saturated carbocycles. The van der Waals surface area contributed by atoms with E-state index in [0.717, 1.165) is 5.56 Å². The highest BCUT2D eigenvalue weighted by Gasteiger charge is 2.66. The minimum atomic E-state index is -4.26. The SMILES string of the molecule is FC(F)(F)C1(c2n[nH]c(Cc3ccccc3)n2)CC1. The Labute approximate surface area is 107 Å². The number of aromatic nitrogens is 3. The summed E-state index contributed by atoms with van der Waals surface area (Å²) in [5.41, 5.74) is -0.819. The van der Waals surface area contributed by atoms with Crippen LogP contribution in [0.15, 0.2) is 30.3 Å². The number of nitrogens with one attached hydrogen (secondary N) is 1. The lowest BCUT2D eigenvalue weighted by atomic mass is 10.1. The zero-order valence-corrected chi connectivity index (χ0v) is 10.0. The van der Waals surface area contributed by atoms with Crippen LogP contribution in [0.2, 0.25) is 0 Å². The van der Waals surface area contributed by atoms with Crippen molar-refractivity contribution < 1.29 is 13.2 Å². The third-order valence-electron chi connectivity index (χ3n) is 3.47. The minimum Gasteiger partial charge on any atom is -0.263 e. The largest absolute Gasteiger partial charge is 0.401 e. The van der Waals surface area contributed by atoms with Crippen LogP contribution in [-0.2, 0) is 11.8 Å². The van der Waals surface area contributed by atoms with E-state index in [1.54, 1.807) is 0 Å². The number of hydrogen-bond donors (Lipinski definition) is 1. The zero-order chi connectivity index (χ0) is 13.5. The molecule has 3 nitrogen and oxygen atoms in total. The fourth-order valence-electron chi connectivity index (χ4n) is 2.14. The first-order chi connectivity index (χ1) is 9.01. The highest BCUT2D eigenvalue weighted by Crippen LogP contribution is 2.57. The molecule has 0 atom stereocenters. The fourth-order valence-corrected chi connectivity index (χ4v) is 2.14. The van der Waals surface area contributed by atoms with Crippen molar-refractivity contribution in [2.75, 3.05) is 0 Å². The summed E-state index contributed by atoms with van der Waals surface area (Å²) in [6, 6.07) is 9.45. The van der Waals surface area contributed by atoms with Crippen LogP contribution >= 0.6 is 0 Å². The van der Waals surface area contributed by atoms with E-state index < -0.39 is 11.6 Å². The van der Waals surface area contributed by atoms with Crippen LogP contribution in [0.5, 0.6) is 0 Å². The molecule has 1 aromatic carbocycles. The molecule has 100 valence electrons. The molecular formula is C13H12F3N3. The first-order valence-electron chi connectivity index (χ1n) is 6.04. The molecule has 0 aliphatic heterocycles. The molecular weight excluding hydrogens is 255 g/mol. The molecule has 0 spiro atoms. The van der Waals surface area contributed by atoms with Crippen LogP contribution in [-0.4, -0.2) is 21.4 Å². The average Bonchev–Trinajstić information content (AvgIpc) is 3.07. The first kappa shape index (κ1) is 12.2. The highest BCUT2D eigenvalue weighted by atomic mass is 19.4. The third-order valence-corrected chi connectivity index (χ3v) is 3.47. The molecule has 19 heavy (non-hydrogen) atoms. The summed E-state index contributed by atoms with van der Waals surface area (Å²) in [4.78, 5) is 4.02. The Morgan fingerprint density at radius 1 is 1.16 bits per heavy atom. The molecule has 3 rings (SSSR count). The van der Waals surface area contributed by atoms with Gasteiger partial charge in [-0.3, -0.25) is 5.10 Å². The van der Waals surface area contributed by atoms with Crippen molar-refractivity contribution >= 4 is 0 Å². The van der Waals surface area contributed by atoms with Crippen molar-refractivity contribution in [1.82, 2.24) is 15.2 Å². The van der Waals surface area contributed by atoms with E-state index in [4.69, 9.17) is 0 Å². The number of benzene rings is 1. The quantitative estimate of drug-likeness (QED) is 0.928. The van der Waals surface area contributed by atoms with Crippen LogP contribution in [0, 0.1) is 0 Å². The number of hydrogen-bond acceptors (Lipinski definition) is 2. The molecule has 1 aromatic heterocycles. The molecule has 0 unspecified atom stereocenters. The summed E-state index contributed by atoms with van der Waals surface area (Å²) in [6.45, 7) is 0. The Morgan fingerprint density at radius 3 is 2.42 bits per heavy atom. The number of aromatic amines is 1. The molecule has 1 heterocycles. The molecule has 0 amide bonds. The lowest BCUT2D eigenvalue weighted by Crippen LogP contribution is -2.29. The van der Waals surface area contributed by atoms with Crippen molar-refractivity contribution in [1.29, 1.82) is 0 Å². The Kier molecular flexibility index (Phi) is 2.62. The molecule has 1 fully saturated rings. The van der Waals surface area contributed by atoms with E-state index >= 15 is 0 Å². The third kappa shape index (κ3) is 2.11. The second-order valence-electron chi connectivity index (χ2n) is 4.85. The lowest BCUT2D eigenvalue weighted by Gasteiger charge is -2.14. The van der Waals surface area contributed by atoms with Crippen LogP contribution in [0.25, 0.3) is 0 Å². The maximum atomic E-state index is 12.9. The van der Waals surface area contributed by atoms with Crippen molar-refractivity contribution in [2.24, 2.45) is 0 Å². The van der Waals surface area contributed by atoms with E-state index in [2.05, 4.69) is 15.2 Å². The first-order valence-corrected chi connectivity index (χ1v) is 6.04. The smallest absolute Gasteiger partial charge is 0.263 e. The summed E-state index contributed by atoms with van der Waals surface area (Å²) >= 11 is 0. The van der Waals surface area contributed by atoms with E-state index in [0.29, 0.717) is 12.2 Å². The van der Waals surface area contributed by atoms with Gasteiger partial charge in [-0.05, 0) is 18.4 Å². The Bertz CT molecular complexity index is 570. The van der Waals surface area contributed by atoms with Gasteiger partial charge in [0.15, 0.2) is 5.82 Å². The standard InChI is InChI=1S/C13H12F3N3/c14-13(15,16)12(6-7-12)11-17-10(18-19-11)8-9-4-2-1-3-5-9/h1-5H,6-8H2,(H,17,18,19). The predicted molar refractivity (Wildman–Crippen MR) is 62.6 cm³/mol. The van der Waals surface area contributed by atoms with E-state index in [-0.39, 0.29) is 18.7 Å². The van der Waals surface area contributed by atoms with Gasteiger partial charge in [-0.2, -0.15) is 18.3 Å². The van der Waals surface area contributed by atoms with Gasteiger partial charge in [0, 0.05) is 6.42 Å². The number of rotatable bonds is 3. The molecule has 1 aliphatic carbocycles. The summed E-state index contributed by atoms with van der Waals surface area (Å²) in [7, 11) is 0. The summed E-state index contributed by atoms with van der Waals surface area (Å²) < 4.78 is 38.8. The highest BCUT2D eigenvalue weighted by molar-refractivity contribution is 5.24. The van der Waals surface area contributed by atoms with E-state index in [9.17, 15) is 13.2 Å².